The monoisotopic (exact) mass is 376 g/mol. The van der Waals surface area contributed by atoms with Crippen LogP contribution in [0.15, 0.2) is 57.7 Å². The molecule has 1 aromatic heterocycles. The van der Waals surface area contributed by atoms with E-state index in [1.165, 1.54) is 11.1 Å². The molecule has 0 radical (unpaired) electrons. The van der Waals surface area contributed by atoms with Gasteiger partial charge in [0.05, 0.1) is 11.6 Å². The van der Waals surface area contributed by atoms with Gasteiger partial charge in [-0.2, -0.15) is 0 Å². The zero-order chi connectivity index (χ0) is 19.1. The van der Waals surface area contributed by atoms with Gasteiger partial charge in [0.1, 0.15) is 0 Å². The number of para-hydroxylation sites is 2. The standard InChI is InChI=1S/C23H24N2O3/c26-22(14-15-24-20-9-3-4-11-21(20)28-23(24)27)25(17-12-13-17)19-10-5-7-16-6-1-2-8-18(16)19/h1-4,6,8-9,11,17,19H,5,7,10,12-15H2. The van der Waals surface area contributed by atoms with Crippen LogP contribution < -0.4 is 5.76 Å². The highest BCUT2D eigenvalue weighted by atomic mass is 16.4. The SMILES string of the molecule is O=C(CCn1c(=O)oc2ccccc21)N(C1CC1)C1CCCc2ccccc21. The van der Waals surface area contributed by atoms with Crippen LogP contribution >= 0.6 is 0 Å². The van der Waals surface area contributed by atoms with E-state index in [2.05, 4.69) is 29.2 Å². The van der Waals surface area contributed by atoms with E-state index in [4.69, 9.17) is 4.42 Å². The Morgan fingerprint density at radius 1 is 1.07 bits per heavy atom. The molecule has 1 saturated carbocycles. The highest BCUT2D eigenvalue weighted by Crippen LogP contribution is 2.41. The predicted octanol–water partition coefficient (Wildman–Crippen LogP) is 4.05. The van der Waals surface area contributed by atoms with Crippen LogP contribution in [0.3, 0.4) is 0 Å². The van der Waals surface area contributed by atoms with E-state index in [0.29, 0.717) is 24.6 Å². The minimum absolute atomic E-state index is 0.140. The lowest BCUT2D eigenvalue weighted by molar-refractivity contribution is -0.135. The molecule has 28 heavy (non-hydrogen) atoms. The molecular weight excluding hydrogens is 352 g/mol. The maximum absolute atomic E-state index is 13.3. The van der Waals surface area contributed by atoms with Gasteiger partial charge < -0.3 is 9.32 Å². The van der Waals surface area contributed by atoms with Crippen molar-refractivity contribution < 1.29 is 9.21 Å². The third-order valence-electron chi connectivity index (χ3n) is 6.02. The first-order valence-electron chi connectivity index (χ1n) is 10.2. The van der Waals surface area contributed by atoms with Crippen molar-refractivity contribution in [3.8, 4) is 0 Å². The number of rotatable bonds is 5. The number of aromatic nitrogens is 1. The molecule has 0 spiro atoms. The largest absolute Gasteiger partial charge is 0.419 e. The summed E-state index contributed by atoms with van der Waals surface area (Å²) in [6, 6.07) is 16.4. The maximum atomic E-state index is 13.3. The minimum atomic E-state index is -0.394. The Bertz CT molecular complexity index is 1080. The fourth-order valence-electron chi connectivity index (χ4n) is 4.56. The Kier molecular flexibility index (Phi) is 4.30. The number of benzene rings is 2. The summed E-state index contributed by atoms with van der Waals surface area (Å²) < 4.78 is 6.87. The molecule has 3 aromatic rings. The highest BCUT2D eigenvalue weighted by Gasteiger charge is 2.39. The Morgan fingerprint density at radius 2 is 1.86 bits per heavy atom. The quantitative estimate of drug-likeness (QED) is 0.675. The van der Waals surface area contributed by atoms with Crippen molar-refractivity contribution in [2.45, 2.75) is 57.2 Å². The molecule has 0 bridgehead atoms. The zero-order valence-electron chi connectivity index (χ0n) is 15.8. The van der Waals surface area contributed by atoms with Gasteiger partial charge in [-0.1, -0.05) is 36.4 Å². The van der Waals surface area contributed by atoms with E-state index in [9.17, 15) is 9.59 Å². The van der Waals surface area contributed by atoms with Gasteiger partial charge in [0.25, 0.3) is 0 Å². The van der Waals surface area contributed by atoms with Crippen molar-refractivity contribution in [3.63, 3.8) is 0 Å². The zero-order valence-corrected chi connectivity index (χ0v) is 15.8. The molecule has 5 nitrogen and oxygen atoms in total. The average molecular weight is 376 g/mol. The second kappa shape index (κ2) is 6.97. The normalized spacial score (nSPS) is 18.8. The van der Waals surface area contributed by atoms with Crippen LogP contribution in [-0.2, 0) is 17.8 Å². The van der Waals surface area contributed by atoms with Crippen LogP contribution in [0.4, 0.5) is 0 Å². The van der Waals surface area contributed by atoms with Crippen LogP contribution in [0.1, 0.15) is 49.3 Å². The lowest BCUT2D eigenvalue weighted by Gasteiger charge is -2.36. The first-order chi connectivity index (χ1) is 13.7. The summed E-state index contributed by atoms with van der Waals surface area (Å²) in [7, 11) is 0. The Hall–Kier alpha value is -2.82. The molecule has 2 aliphatic rings. The molecule has 0 aliphatic heterocycles. The molecule has 2 aromatic carbocycles. The van der Waals surface area contributed by atoms with Crippen molar-refractivity contribution in [2.24, 2.45) is 0 Å². The number of aryl methyl sites for hydroxylation is 2. The van der Waals surface area contributed by atoms with Crippen molar-refractivity contribution in [1.82, 2.24) is 9.47 Å². The molecule has 144 valence electrons. The van der Waals surface area contributed by atoms with Gasteiger partial charge in [-0.3, -0.25) is 9.36 Å². The average Bonchev–Trinajstić information content (AvgIpc) is 3.49. The molecular formula is C23H24N2O3. The maximum Gasteiger partial charge on any atom is 0.419 e. The van der Waals surface area contributed by atoms with Crippen LogP contribution in [0.25, 0.3) is 11.1 Å². The molecule has 1 atom stereocenters. The topological polar surface area (TPSA) is 55.5 Å². The van der Waals surface area contributed by atoms with Crippen LogP contribution in [-0.4, -0.2) is 21.4 Å². The van der Waals surface area contributed by atoms with Gasteiger partial charge in [0, 0.05) is 19.0 Å². The van der Waals surface area contributed by atoms with Crippen molar-refractivity contribution in [2.75, 3.05) is 0 Å². The summed E-state index contributed by atoms with van der Waals surface area (Å²) in [4.78, 5) is 27.6. The number of fused-ring (bicyclic) bond motifs is 2. The van der Waals surface area contributed by atoms with E-state index in [-0.39, 0.29) is 11.9 Å². The minimum Gasteiger partial charge on any atom is -0.408 e. The third kappa shape index (κ3) is 3.05. The van der Waals surface area contributed by atoms with Gasteiger partial charge in [-0.25, -0.2) is 4.79 Å². The molecule has 5 heteroatoms. The van der Waals surface area contributed by atoms with Gasteiger partial charge in [0.2, 0.25) is 5.91 Å². The lowest BCUT2D eigenvalue weighted by Crippen LogP contribution is -2.39. The summed E-state index contributed by atoms with van der Waals surface area (Å²) in [6.45, 7) is 0.353. The number of oxazole rings is 1. The van der Waals surface area contributed by atoms with Gasteiger partial charge in [-0.05, 0) is 55.4 Å². The Balaban J connectivity index is 1.39. The van der Waals surface area contributed by atoms with Crippen molar-refractivity contribution >= 4 is 17.0 Å². The first kappa shape index (κ1) is 17.3. The van der Waals surface area contributed by atoms with Gasteiger partial charge in [0.15, 0.2) is 5.58 Å². The number of carbonyl (C=O) groups is 1. The van der Waals surface area contributed by atoms with E-state index >= 15 is 0 Å². The fraction of sp³-hybridized carbons (Fsp3) is 0.391. The molecule has 1 unspecified atom stereocenters. The third-order valence-corrected chi connectivity index (χ3v) is 6.02. The van der Waals surface area contributed by atoms with Crippen LogP contribution in [0, 0.1) is 0 Å². The summed E-state index contributed by atoms with van der Waals surface area (Å²) in [5.74, 6) is -0.253. The second-order valence-corrected chi connectivity index (χ2v) is 7.88. The van der Waals surface area contributed by atoms with Crippen molar-refractivity contribution in [3.05, 3.63) is 70.2 Å². The van der Waals surface area contributed by atoms with E-state index < -0.39 is 5.76 Å². The summed E-state index contributed by atoms with van der Waals surface area (Å²) >= 11 is 0. The summed E-state index contributed by atoms with van der Waals surface area (Å²) in [5.41, 5.74) is 4.00. The smallest absolute Gasteiger partial charge is 0.408 e. The Labute approximate surface area is 163 Å². The number of nitrogens with zero attached hydrogens (tertiary/aromatic N) is 2. The molecule has 1 fully saturated rings. The van der Waals surface area contributed by atoms with Crippen LogP contribution in [0.2, 0.25) is 0 Å². The molecule has 0 saturated heterocycles. The van der Waals surface area contributed by atoms with E-state index in [1.54, 1.807) is 10.6 Å². The summed E-state index contributed by atoms with van der Waals surface area (Å²) in [6.07, 6.45) is 5.71. The highest BCUT2D eigenvalue weighted by molar-refractivity contribution is 5.78. The fourth-order valence-corrected chi connectivity index (χ4v) is 4.56. The lowest BCUT2D eigenvalue weighted by atomic mass is 9.86. The molecule has 1 heterocycles. The molecule has 2 aliphatic carbocycles. The van der Waals surface area contributed by atoms with Gasteiger partial charge >= 0.3 is 5.76 Å². The summed E-state index contributed by atoms with van der Waals surface area (Å²) in [5, 5.41) is 0. The first-order valence-corrected chi connectivity index (χ1v) is 10.2. The second-order valence-electron chi connectivity index (χ2n) is 7.88. The number of hydrogen-bond donors (Lipinski definition) is 0. The van der Waals surface area contributed by atoms with E-state index in [0.717, 1.165) is 37.6 Å². The van der Waals surface area contributed by atoms with Crippen molar-refractivity contribution in [1.29, 1.82) is 0 Å². The number of carbonyl (C=O) groups excluding carboxylic acids is 1. The Morgan fingerprint density at radius 3 is 2.71 bits per heavy atom. The van der Waals surface area contributed by atoms with Gasteiger partial charge in [-0.15, -0.1) is 0 Å². The van der Waals surface area contributed by atoms with E-state index in [1.807, 2.05) is 18.2 Å². The molecule has 5 rings (SSSR count). The molecule has 1 amide bonds. The molecule has 0 N–H and O–H groups in total. The van der Waals surface area contributed by atoms with Crippen LogP contribution in [0.5, 0.6) is 0 Å². The number of hydrogen-bond acceptors (Lipinski definition) is 3. The predicted molar refractivity (Wildman–Crippen MR) is 107 cm³/mol. The number of amides is 1.